The number of amides is 1. The van der Waals surface area contributed by atoms with Gasteiger partial charge in [0, 0.05) is 26.2 Å². The maximum absolute atomic E-state index is 13.8. The molecule has 0 N–H and O–H groups in total. The first kappa shape index (κ1) is 24.8. The molecule has 0 bridgehead atoms. The molecule has 1 aliphatic rings. The first-order valence-electron chi connectivity index (χ1n) is 11.6. The molecule has 1 aliphatic heterocycles. The summed E-state index contributed by atoms with van der Waals surface area (Å²) in [6.07, 6.45) is 1.32. The fourth-order valence-corrected chi connectivity index (χ4v) is 7.00. The van der Waals surface area contributed by atoms with Gasteiger partial charge >= 0.3 is 0 Å². The molecule has 0 aliphatic carbocycles. The molecule has 34 heavy (non-hydrogen) atoms. The van der Waals surface area contributed by atoms with Crippen molar-refractivity contribution < 1.29 is 13.2 Å². The smallest absolute Gasteiger partial charge is 0.243 e. The average Bonchev–Trinajstić information content (AvgIpc) is 3.23. The first-order chi connectivity index (χ1) is 16.2. The number of anilines is 1. The maximum Gasteiger partial charge on any atom is 0.243 e. The van der Waals surface area contributed by atoms with Gasteiger partial charge in [-0.2, -0.15) is 4.31 Å². The van der Waals surface area contributed by atoms with Crippen LogP contribution in [0.15, 0.2) is 47.4 Å². The van der Waals surface area contributed by atoms with Crippen LogP contribution in [-0.4, -0.2) is 68.8 Å². The number of thiazole rings is 1. The third-order valence-electron chi connectivity index (χ3n) is 6.19. The van der Waals surface area contributed by atoms with Crippen molar-refractivity contribution in [3.05, 3.63) is 53.6 Å². The van der Waals surface area contributed by atoms with Crippen LogP contribution in [-0.2, 0) is 14.8 Å². The van der Waals surface area contributed by atoms with Crippen molar-refractivity contribution in [1.29, 1.82) is 0 Å². The van der Waals surface area contributed by atoms with Crippen molar-refractivity contribution in [2.24, 2.45) is 5.92 Å². The van der Waals surface area contributed by atoms with Gasteiger partial charge in [0.2, 0.25) is 15.9 Å². The summed E-state index contributed by atoms with van der Waals surface area (Å²) >= 11 is 1.53. The van der Waals surface area contributed by atoms with Crippen LogP contribution >= 0.6 is 11.3 Å². The fourth-order valence-electron chi connectivity index (χ4n) is 4.40. The Morgan fingerprint density at radius 1 is 1.15 bits per heavy atom. The lowest BCUT2D eigenvalue weighted by Crippen LogP contribution is -2.48. The number of sulfonamides is 1. The van der Waals surface area contributed by atoms with Crippen LogP contribution in [0.25, 0.3) is 10.2 Å². The summed E-state index contributed by atoms with van der Waals surface area (Å²) in [6, 6.07) is 12.6. The fraction of sp³-hybridized carbons (Fsp3) is 0.440. The van der Waals surface area contributed by atoms with Crippen molar-refractivity contribution >= 4 is 42.6 Å². The molecule has 182 valence electrons. The number of carbonyl (C=O) groups is 1. The minimum atomic E-state index is -3.63. The molecule has 3 aromatic rings. The molecule has 1 atom stereocenters. The standard InChI is InChI=1S/C25H32N4O3S2/c1-18-15-19(2)23-22(16-18)26-25(33-23)29(14-13-27(3)4)24(30)20-9-8-12-28(17-20)34(31,32)21-10-6-5-7-11-21/h5-7,10-11,15-16,20H,8-9,12-14,17H2,1-4H3. The predicted octanol–water partition coefficient (Wildman–Crippen LogP) is 3.91. The van der Waals surface area contributed by atoms with Gasteiger partial charge in [0.1, 0.15) is 0 Å². The lowest BCUT2D eigenvalue weighted by atomic mass is 9.98. The van der Waals surface area contributed by atoms with Crippen molar-refractivity contribution in [2.45, 2.75) is 31.6 Å². The first-order valence-corrected chi connectivity index (χ1v) is 13.8. The van der Waals surface area contributed by atoms with Gasteiger partial charge in [-0.15, -0.1) is 0 Å². The van der Waals surface area contributed by atoms with E-state index in [2.05, 4.69) is 13.0 Å². The van der Waals surface area contributed by atoms with E-state index < -0.39 is 15.9 Å². The van der Waals surface area contributed by atoms with E-state index in [0.717, 1.165) is 21.3 Å². The Hall–Kier alpha value is -2.33. The second-order valence-electron chi connectivity index (χ2n) is 9.23. The van der Waals surface area contributed by atoms with Gasteiger partial charge in [0.25, 0.3) is 0 Å². The van der Waals surface area contributed by atoms with E-state index in [9.17, 15) is 13.2 Å². The third-order valence-corrected chi connectivity index (χ3v) is 9.30. The summed E-state index contributed by atoms with van der Waals surface area (Å²) in [6.45, 7) is 5.93. The Morgan fingerprint density at radius 3 is 2.59 bits per heavy atom. The second kappa shape index (κ2) is 10.1. The molecule has 9 heteroatoms. The Labute approximate surface area is 206 Å². The number of aryl methyl sites for hydroxylation is 2. The van der Waals surface area contributed by atoms with Crippen LogP contribution in [0.2, 0.25) is 0 Å². The van der Waals surface area contributed by atoms with Gasteiger partial charge in [0.15, 0.2) is 5.13 Å². The third kappa shape index (κ3) is 5.17. The van der Waals surface area contributed by atoms with Gasteiger partial charge in [-0.1, -0.05) is 35.6 Å². The van der Waals surface area contributed by atoms with Crippen LogP contribution < -0.4 is 4.90 Å². The predicted molar refractivity (Wildman–Crippen MR) is 138 cm³/mol. The van der Waals surface area contributed by atoms with Gasteiger partial charge in [-0.25, -0.2) is 13.4 Å². The molecular weight excluding hydrogens is 468 g/mol. The van der Waals surface area contributed by atoms with Gasteiger partial charge in [0.05, 0.1) is 21.0 Å². The van der Waals surface area contributed by atoms with Crippen molar-refractivity contribution in [1.82, 2.24) is 14.2 Å². The normalized spacial score (nSPS) is 17.4. The summed E-state index contributed by atoms with van der Waals surface area (Å²) in [5, 5.41) is 0.679. The number of rotatable bonds is 7. The number of fused-ring (bicyclic) bond motifs is 1. The lowest BCUT2D eigenvalue weighted by Gasteiger charge is -2.34. The van der Waals surface area contributed by atoms with Crippen molar-refractivity contribution in [2.75, 3.05) is 45.2 Å². The highest BCUT2D eigenvalue weighted by Crippen LogP contribution is 2.34. The quantitative estimate of drug-likeness (QED) is 0.492. The molecule has 0 saturated carbocycles. The van der Waals surface area contributed by atoms with Crippen LogP contribution in [0.4, 0.5) is 5.13 Å². The van der Waals surface area contributed by atoms with Gasteiger partial charge in [-0.3, -0.25) is 9.69 Å². The molecular formula is C25H32N4O3S2. The minimum absolute atomic E-state index is 0.0526. The molecule has 1 saturated heterocycles. The number of piperidine rings is 1. The highest BCUT2D eigenvalue weighted by molar-refractivity contribution is 7.89. The van der Waals surface area contributed by atoms with Crippen molar-refractivity contribution in [3.63, 3.8) is 0 Å². The van der Waals surface area contributed by atoms with Gasteiger partial charge in [-0.05, 0) is 70.1 Å². The molecule has 2 heterocycles. The highest BCUT2D eigenvalue weighted by atomic mass is 32.2. The summed E-state index contributed by atoms with van der Waals surface area (Å²) in [7, 11) is 0.317. The highest BCUT2D eigenvalue weighted by Gasteiger charge is 2.36. The Kier molecular flexibility index (Phi) is 7.37. The Balaban J connectivity index is 1.62. The van der Waals surface area contributed by atoms with Crippen LogP contribution in [0.1, 0.15) is 24.0 Å². The summed E-state index contributed by atoms with van der Waals surface area (Å²) in [5.74, 6) is -0.451. The largest absolute Gasteiger partial charge is 0.308 e. The summed E-state index contributed by atoms with van der Waals surface area (Å²) in [4.78, 5) is 22.7. The minimum Gasteiger partial charge on any atom is -0.308 e. The average molecular weight is 501 g/mol. The SMILES string of the molecule is Cc1cc(C)c2sc(N(CCN(C)C)C(=O)C3CCCN(S(=O)(=O)c4ccccc4)C3)nc2c1. The molecule has 4 rings (SSSR count). The zero-order valence-corrected chi connectivity index (χ0v) is 21.8. The Bertz CT molecular complexity index is 1270. The van der Waals surface area contributed by atoms with E-state index in [1.54, 1.807) is 35.2 Å². The second-order valence-corrected chi connectivity index (χ2v) is 12.2. The number of likely N-dealkylation sites (N-methyl/N-ethyl adjacent to an activating group) is 1. The molecule has 1 fully saturated rings. The molecule has 1 amide bonds. The molecule has 1 unspecified atom stereocenters. The lowest BCUT2D eigenvalue weighted by molar-refractivity contribution is -0.123. The van der Waals surface area contributed by atoms with E-state index in [1.165, 1.54) is 15.6 Å². The topological polar surface area (TPSA) is 73.8 Å². The number of hydrogen-bond donors (Lipinski definition) is 0. The van der Waals surface area contributed by atoms with Crippen LogP contribution in [0.5, 0.6) is 0 Å². The number of hydrogen-bond acceptors (Lipinski definition) is 6. The molecule has 1 aromatic heterocycles. The monoisotopic (exact) mass is 500 g/mol. The van der Waals surface area contributed by atoms with E-state index >= 15 is 0 Å². The Morgan fingerprint density at radius 2 is 1.88 bits per heavy atom. The van der Waals surface area contributed by atoms with Crippen LogP contribution in [0, 0.1) is 19.8 Å². The molecule has 7 nitrogen and oxygen atoms in total. The van der Waals surface area contributed by atoms with E-state index in [4.69, 9.17) is 4.98 Å². The van der Waals surface area contributed by atoms with E-state index in [1.807, 2.05) is 32.0 Å². The van der Waals surface area contributed by atoms with Crippen LogP contribution in [0.3, 0.4) is 0 Å². The molecule has 2 aromatic carbocycles. The number of aromatic nitrogens is 1. The molecule has 0 spiro atoms. The zero-order chi connectivity index (χ0) is 24.5. The number of carbonyl (C=O) groups excluding carboxylic acids is 1. The van der Waals surface area contributed by atoms with E-state index in [-0.39, 0.29) is 17.3 Å². The zero-order valence-electron chi connectivity index (χ0n) is 20.2. The number of nitrogens with zero attached hydrogens (tertiary/aromatic N) is 4. The summed E-state index contributed by atoms with van der Waals surface area (Å²) < 4.78 is 28.9. The van der Waals surface area contributed by atoms with Crippen molar-refractivity contribution in [3.8, 4) is 0 Å². The summed E-state index contributed by atoms with van der Waals surface area (Å²) in [5.41, 5.74) is 3.19. The number of benzene rings is 2. The van der Waals surface area contributed by atoms with Gasteiger partial charge < -0.3 is 4.90 Å². The molecule has 0 radical (unpaired) electrons. The van der Waals surface area contributed by atoms with E-state index in [0.29, 0.717) is 37.6 Å². The maximum atomic E-state index is 13.8.